The first-order valence-corrected chi connectivity index (χ1v) is 15.8. The normalized spacial score (nSPS) is 27.1. The van der Waals surface area contributed by atoms with E-state index in [1.807, 2.05) is 24.3 Å². The van der Waals surface area contributed by atoms with Crippen molar-refractivity contribution in [2.45, 2.75) is 51.2 Å². The Morgan fingerprint density at radius 3 is 2.35 bits per heavy atom. The van der Waals surface area contributed by atoms with Crippen LogP contribution in [0.1, 0.15) is 50.8 Å². The molecule has 4 aliphatic heterocycles. The molecular weight excluding hydrogens is 563 g/mol. The van der Waals surface area contributed by atoms with Crippen molar-refractivity contribution in [3.05, 3.63) is 80.3 Å². The Hall–Kier alpha value is -2.03. The number of nitrogens with zero attached hydrogens (tertiary/aromatic N) is 4. The van der Waals surface area contributed by atoms with Crippen LogP contribution >= 0.6 is 35.0 Å². The number of carbonyl (C=O) groups excluding carboxylic acids is 1. The largest absolute Gasteiger partial charge is 0.379 e. The highest BCUT2D eigenvalue weighted by Gasteiger charge is 2.53. The summed E-state index contributed by atoms with van der Waals surface area (Å²) in [7, 11) is 0. The van der Waals surface area contributed by atoms with E-state index in [4.69, 9.17) is 32.9 Å². The van der Waals surface area contributed by atoms with E-state index < -0.39 is 5.54 Å². The summed E-state index contributed by atoms with van der Waals surface area (Å²) in [5.41, 5.74) is 2.69. The lowest BCUT2D eigenvalue weighted by Crippen LogP contribution is -2.47. The summed E-state index contributed by atoms with van der Waals surface area (Å²) in [5, 5.41) is 2.28. The second-order valence-electron chi connectivity index (χ2n) is 11.6. The zero-order valence-corrected chi connectivity index (χ0v) is 25.6. The van der Waals surface area contributed by atoms with Gasteiger partial charge in [0.1, 0.15) is 10.4 Å². The van der Waals surface area contributed by atoms with E-state index in [1.54, 1.807) is 11.8 Å². The maximum atomic E-state index is 14.3. The first kappa shape index (κ1) is 28.1. The minimum absolute atomic E-state index is 0.126. The van der Waals surface area contributed by atoms with Crippen molar-refractivity contribution in [1.82, 2.24) is 14.7 Å². The number of benzene rings is 2. The molecule has 0 radical (unpaired) electrons. The zero-order valence-electron chi connectivity index (χ0n) is 23.3. The molecule has 2 saturated heterocycles. The average Bonchev–Trinajstić information content (AvgIpc) is 3.62. The topological polar surface area (TPSA) is 48.4 Å². The van der Waals surface area contributed by atoms with Gasteiger partial charge in [0, 0.05) is 48.0 Å². The van der Waals surface area contributed by atoms with Crippen LogP contribution in [0.2, 0.25) is 10.0 Å². The van der Waals surface area contributed by atoms with Crippen molar-refractivity contribution in [3.63, 3.8) is 0 Å². The van der Waals surface area contributed by atoms with Crippen molar-refractivity contribution in [1.29, 1.82) is 0 Å². The van der Waals surface area contributed by atoms with E-state index >= 15 is 0 Å². The first-order valence-electron chi connectivity index (χ1n) is 14.2. The fraction of sp³-hybridized carbons (Fsp3) is 0.484. The minimum atomic E-state index is -0.567. The molecule has 4 heterocycles. The summed E-state index contributed by atoms with van der Waals surface area (Å²) < 4.78 is 5.54. The summed E-state index contributed by atoms with van der Waals surface area (Å²) in [6.45, 7) is 11.7. The van der Waals surface area contributed by atoms with Gasteiger partial charge in [-0.05, 0) is 72.8 Å². The molecule has 0 spiro atoms. The third-order valence-corrected chi connectivity index (χ3v) is 10.1. The predicted molar refractivity (Wildman–Crippen MR) is 164 cm³/mol. The maximum absolute atomic E-state index is 14.3. The number of morpholine rings is 1. The Bertz CT molecular complexity index is 1320. The van der Waals surface area contributed by atoms with E-state index in [9.17, 15) is 4.79 Å². The van der Waals surface area contributed by atoms with Crippen LogP contribution < -0.4 is 0 Å². The van der Waals surface area contributed by atoms with Crippen molar-refractivity contribution < 1.29 is 9.53 Å². The maximum Gasteiger partial charge on any atom is 0.262 e. The number of fused-ring (bicyclic) bond motifs is 1. The Morgan fingerprint density at radius 1 is 1.05 bits per heavy atom. The molecular formula is C31H36Cl2N4O2S. The molecule has 40 heavy (non-hydrogen) atoms. The number of aliphatic imine (C=N–C) groups is 1. The highest BCUT2D eigenvalue weighted by molar-refractivity contribution is 8.18. The molecule has 0 unspecified atom stereocenters. The van der Waals surface area contributed by atoms with Gasteiger partial charge in [0.25, 0.3) is 5.91 Å². The highest BCUT2D eigenvalue weighted by Crippen LogP contribution is 2.56. The van der Waals surface area contributed by atoms with Crippen LogP contribution in [0.4, 0.5) is 0 Å². The summed E-state index contributed by atoms with van der Waals surface area (Å²) in [6.07, 6.45) is 2.09. The van der Waals surface area contributed by atoms with Crippen LogP contribution in [0, 0.1) is 5.92 Å². The lowest BCUT2D eigenvalue weighted by atomic mass is 9.81. The van der Waals surface area contributed by atoms with Crippen LogP contribution in [0.5, 0.6) is 0 Å². The molecule has 0 aromatic heterocycles. The van der Waals surface area contributed by atoms with Gasteiger partial charge in [0.2, 0.25) is 0 Å². The second-order valence-corrected chi connectivity index (χ2v) is 13.4. The standard InChI is InChI=1S/C31H36Cl2N4O2S/c1-20(2)26-27(29(38)36-14-4-5-25(36)19-35-15-17-39-18-16-35)40-30-34-31(3,22-8-12-24(33)13-9-22)28(37(26)30)21-6-10-23(32)11-7-21/h6-13,20,25,28H,4-5,14-19H2,1-3H3/t25-,28+,31-/m0/s1. The van der Waals surface area contributed by atoms with Gasteiger partial charge in [-0.3, -0.25) is 9.69 Å². The fourth-order valence-corrected chi connectivity index (χ4v) is 8.18. The Labute approximate surface area is 251 Å². The summed E-state index contributed by atoms with van der Waals surface area (Å²) >= 11 is 14.1. The number of amides is 1. The van der Waals surface area contributed by atoms with Crippen LogP contribution in [0.15, 0.2) is 64.1 Å². The highest BCUT2D eigenvalue weighted by atomic mass is 35.5. The van der Waals surface area contributed by atoms with Crippen LogP contribution in [-0.2, 0) is 15.1 Å². The Kier molecular flexibility index (Phi) is 7.96. The number of likely N-dealkylation sites (tertiary alicyclic amines) is 1. The summed E-state index contributed by atoms with van der Waals surface area (Å²) in [6, 6.07) is 16.1. The van der Waals surface area contributed by atoms with E-state index in [1.165, 1.54) is 0 Å². The first-order chi connectivity index (χ1) is 19.3. The quantitative estimate of drug-likeness (QED) is 0.377. The molecule has 2 aromatic rings. The smallest absolute Gasteiger partial charge is 0.262 e. The molecule has 0 aliphatic carbocycles. The van der Waals surface area contributed by atoms with Gasteiger partial charge in [-0.2, -0.15) is 0 Å². The van der Waals surface area contributed by atoms with Crippen LogP contribution in [0.3, 0.4) is 0 Å². The van der Waals surface area contributed by atoms with Gasteiger partial charge < -0.3 is 14.5 Å². The number of halogens is 2. The Morgan fingerprint density at radius 2 is 1.70 bits per heavy atom. The van der Waals surface area contributed by atoms with Crippen molar-refractivity contribution >= 4 is 46.0 Å². The third kappa shape index (κ3) is 5.09. The molecule has 212 valence electrons. The van der Waals surface area contributed by atoms with Gasteiger partial charge in [-0.15, -0.1) is 0 Å². The van der Waals surface area contributed by atoms with E-state index in [0.717, 1.165) is 79.1 Å². The van der Waals surface area contributed by atoms with E-state index in [0.29, 0.717) is 10.0 Å². The van der Waals surface area contributed by atoms with Crippen molar-refractivity contribution in [2.24, 2.45) is 10.9 Å². The van der Waals surface area contributed by atoms with Gasteiger partial charge >= 0.3 is 0 Å². The summed E-state index contributed by atoms with van der Waals surface area (Å²) in [5.74, 6) is 0.284. The third-order valence-electron chi connectivity index (χ3n) is 8.58. The molecule has 3 atom stereocenters. The number of allylic oxidation sites excluding steroid dienone is 1. The number of amidine groups is 1. The molecule has 2 fully saturated rings. The van der Waals surface area contributed by atoms with Crippen molar-refractivity contribution in [3.8, 4) is 0 Å². The fourth-order valence-electron chi connectivity index (χ4n) is 6.57. The van der Waals surface area contributed by atoms with Gasteiger partial charge in [-0.25, -0.2) is 4.99 Å². The molecule has 6 rings (SSSR count). The van der Waals surface area contributed by atoms with Crippen LogP contribution in [-0.4, -0.2) is 71.2 Å². The SMILES string of the molecule is CC(C)C1=C(C(=O)N2CCC[C@H]2CN2CCOCC2)SC2=N[C@@](C)(c3ccc(Cl)cc3)[C@@H](c3ccc(Cl)cc3)N21. The molecule has 6 nitrogen and oxygen atoms in total. The number of rotatable bonds is 6. The average molecular weight is 600 g/mol. The van der Waals surface area contributed by atoms with Gasteiger partial charge in [-0.1, -0.05) is 61.3 Å². The van der Waals surface area contributed by atoms with Gasteiger partial charge in [0.05, 0.1) is 19.3 Å². The monoisotopic (exact) mass is 598 g/mol. The minimum Gasteiger partial charge on any atom is -0.379 e. The molecule has 2 aromatic carbocycles. The second kappa shape index (κ2) is 11.3. The zero-order chi connectivity index (χ0) is 28.0. The predicted octanol–water partition coefficient (Wildman–Crippen LogP) is 6.56. The molecule has 0 bridgehead atoms. The Balaban J connectivity index is 1.37. The van der Waals surface area contributed by atoms with E-state index in [2.05, 4.69) is 59.7 Å². The molecule has 0 saturated carbocycles. The lowest BCUT2D eigenvalue weighted by molar-refractivity contribution is -0.127. The number of ether oxygens (including phenoxy) is 1. The molecule has 9 heteroatoms. The number of carbonyl (C=O) groups is 1. The molecule has 4 aliphatic rings. The number of hydrogen-bond donors (Lipinski definition) is 0. The molecule has 1 amide bonds. The van der Waals surface area contributed by atoms with Gasteiger partial charge in [0.15, 0.2) is 5.17 Å². The molecule has 0 N–H and O–H groups in total. The van der Waals surface area contributed by atoms with Crippen molar-refractivity contribution in [2.75, 3.05) is 39.4 Å². The summed E-state index contributed by atoms with van der Waals surface area (Å²) in [4.78, 5) is 27.4. The number of thioether (sulfide) groups is 1. The van der Waals surface area contributed by atoms with E-state index in [-0.39, 0.29) is 23.9 Å². The number of hydrogen-bond acceptors (Lipinski definition) is 6. The lowest BCUT2D eigenvalue weighted by Gasteiger charge is -2.37. The van der Waals surface area contributed by atoms with Crippen LogP contribution in [0.25, 0.3) is 0 Å².